The second kappa shape index (κ2) is 8.85. The molecule has 17 heavy (non-hydrogen) atoms. The van der Waals surface area contributed by atoms with Crippen LogP contribution in [0.5, 0.6) is 0 Å². The van der Waals surface area contributed by atoms with Crippen molar-refractivity contribution >= 4 is 23.9 Å². The van der Waals surface area contributed by atoms with Crippen molar-refractivity contribution in [3.05, 3.63) is 12.2 Å². The van der Waals surface area contributed by atoms with Crippen molar-refractivity contribution in [2.24, 2.45) is 0 Å². The maximum Gasteiger partial charge on any atom is 0.333 e. The van der Waals surface area contributed by atoms with Gasteiger partial charge in [0.2, 0.25) is 0 Å². The molecule has 0 fully saturated rings. The van der Waals surface area contributed by atoms with Crippen molar-refractivity contribution in [1.82, 2.24) is 0 Å². The number of hydrogen-bond donors (Lipinski definition) is 5. The third kappa shape index (κ3) is 16.3. The van der Waals surface area contributed by atoms with Gasteiger partial charge in [-0.1, -0.05) is 0 Å². The molecule has 0 unspecified atom stereocenters. The smallest absolute Gasteiger partial charge is 0.333 e. The lowest BCUT2D eigenvalue weighted by Crippen LogP contribution is -2.22. The third-order valence-corrected chi connectivity index (χ3v) is 1.02. The predicted octanol–water partition coefficient (Wildman–Crippen LogP) is -1.38. The lowest BCUT2D eigenvalue weighted by atomic mass is 10.3. The molecule has 0 aliphatic rings. The molecule has 0 aromatic heterocycles. The molecule has 0 aromatic rings. The number of hydrogen-bond acceptors (Lipinski definition) is 5. The minimum Gasteiger partial charge on any atom is -0.481 e. The second-order valence-electron chi connectivity index (χ2n) is 2.46. The van der Waals surface area contributed by atoms with Crippen LogP contribution in [-0.4, -0.2) is 55.5 Å². The highest BCUT2D eigenvalue weighted by atomic mass is 16.4. The highest BCUT2D eigenvalue weighted by Gasteiger charge is 2.16. The molecule has 9 nitrogen and oxygen atoms in total. The van der Waals surface area contributed by atoms with E-state index in [2.05, 4.69) is 0 Å². The predicted molar refractivity (Wildman–Crippen MR) is 50.3 cm³/mol. The molecule has 5 N–H and O–H groups in total. The summed E-state index contributed by atoms with van der Waals surface area (Å²) in [6, 6.07) is 0. The minimum absolute atomic E-state index is 0.558. The van der Waals surface area contributed by atoms with Gasteiger partial charge in [0.25, 0.3) is 0 Å². The van der Waals surface area contributed by atoms with Crippen LogP contribution < -0.4 is 0 Å². The van der Waals surface area contributed by atoms with Gasteiger partial charge in [-0.05, 0) is 0 Å². The summed E-state index contributed by atoms with van der Waals surface area (Å²) >= 11 is 0. The number of carboxylic acid groups (broad SMARTS) is 4. The monoisotopic (exact) mass is 250 g/mol. The Balaban J connectivity index is 0. The number of aliphatic carboxylic acids is 4. The van der Waals surface area contributed by atoms with Crippen LogP contribution in [0.4, 0.5) is 0 Å². The molecule has 0 radical (unpaired) electrons. The van der Waals surface area contributed by atoms with E-state index in [4.69, 9.17) is 25.5 Å². The lowest BCUT2D eigenvalue weighted by molar-refractivity contribution is -0.152. The summed E-state index contributed by atoms with van der Waals surface area (Å²) in [6.07, 6.45) is -1.43. The van der Waals surface area contributed by atoms with Crippen LogP contribution in [-0.2, 0) is 19.2 Å². The lowest BCUT2D eigenvalue weighted by Gasteiger charge is -1.97. The Kier molecular flexibility index (Phi) is 8.85. The maximum absolute atomic E-state index is 9.72. The molecular weight excluding hydrogens is 240 g/mol. The molecule has 0 heterocycles. The first kappa shape index (κ1) is 17.0. The summed E-state index contributed by atoms with van der Waals surface area (Å²) in [5, 5.41) is 39.8. The molecule has 0 bridgehead atoms. The van der Waals surface area contributed by atoms with Crippen molar-refractivity contribution in [3.63, 3.8) is 0 Å². The summed E-state index contributed by atoms with van der Waals surface area (Å²) in [7, 11) is 0. The Bertz CT molecular complexity index is 314. The normalized spacial score (nSPS) is 11.1. The fourth-order valence-corrected chi connectivity index (χ4v) is 0.395. The zero-order valence-corrected chi connectivity index (χ0v) is 8.31. The van der Waals surface area contributed by atoms with Gasteiger partial charge in [-0.15, -0.1) is 0 Å². The summed E-state index contributed by atoms with van der Waals surface area (Å²) < 4.78 is 0. The number of carboxylic acids is 4. The van der Waals surface area contributed by atoms with E-state index in [1.54, 1.807) is 0 Å². The van der Waals surface area contributed by atoms with Crippen molar-refractivity contribution in [3.8, 4) is 0 Å². The van der Waals surface area contributed by atoms with E-state index in [9.17, 15) is 19.2 Å². The molecule has 0 amide bonds. The Morgan fingerprint density at radius 1 is 0.882 bits per heavy atom. The molecule has 0 rings (SSSR count). The first-order valence-corrected chi connectivity index (χ1v) is 3.93. The summed E-state index contributed by atoms with van der Waals surface area (Å²) in [4.78, 5) is 38.5. The van der Waals surface area contributed by atoms with Crippen molar-refractivity contribution < 1.29 is 44.7 Å². The van der Waals surface area contributed by atoms with Gasteiger partial charge in [-0.3, -0.25) is 4.79 Å². The van der Waals surface area contributed by atoms with Crippen molar-refractivity contribution in [2.45, 2.75) is 12.5 Å². The van der Waals surface area contributed by atoms with Crippen LogP contribution in [0.3, 0.4) is 0 Å². The highest BCUT2D eigenvalue weighted by Crippen LogP contribution is 1.89. The second-order valence-corrected chi connectivity index (χ2v) is 2.46. The molecule has 0 saturated carbocycles. The zero-order valence-electron chi connectivity index (χ0n) is 8.31. The van der Waals surface area contributed by atoms with Gasteiger partial charge in [-0.2, -0.15) is 0 Å². The van der Waals surface area contributed by atoms with Crippen LogP contribution in [0.2, 0.25) is 0 Å². The van der Waals surface area contributed by atoms with E-state index in [0.717, 1.165) is 0 Å². The molecule has 0 aromatic carbocycles. The van der Waals surface area contributed by atoms with Gasteiger partial charge in [0.05, 0.1) is 6.42 Å². The maximum atomic E-state index is 9.72. The largest absolute Gasteiger partial charge is 0.481 e. The molecule has 0 aliphatic heterocycles. The van der Waals surface area contributed by atoms with Crippen LogP contribution in [0, 0.1) is 0 Å². The van der Waals surface area contributed by atoms with Gasteiger partial charge in [0.1, 0.15) is 0 Å². The summed E-state index contributed by atoms with van der Waals surface area (Å²) in [5.41, 5.74) is 0. The highest BCUT2D eigenvalue weighted by molar-refractivity contribution is 5.89. The van der Waals surface area contributed by atoms with Gasteiger partial charge in [0, 0.05) is 12.2 Å². The Morgan fingerprint density at radius 3 is 1.35 bits per heavy atom. The van der Waals surface area contributed by atoms with E-state index in [0.29, 0.717) is 12.2 Å². The minimum atomic E-state index is -1.79. The zero-order chi connectivity index (χ0) is 14.0. The van der Waals surface area contributed by atoms with Gasteiger partial charge < -0.3 is 25.5 Å². The standard InChI is InChI=1S/C4H6O5.C4H4O4/c5-2(4(8)9)1-3(6)7;5-3(6)1-2-4(7)8/h2,5H,1H2,(H,6,7)(H,8,9);1-2H,(H,5,6)(H,7,8)/t2-;/m0./s1. The fourth-order valence-electron chi connectivity index (χ4n) is 0.395. The molecule has 0 aliphatic carbocycles. The van der Waals surface area contributed by atoms with Gasteiger partial charge in [-0.25, -0.2) is 14.4 Å². The van der Waals surface area contributed by atoms with Gasteiger partial charge in [0.15, 0.2) is 6.10 Å². The first-order valence-electron chi connectivity index (χ1n) is 3.93. The van der Waals surface area contributed by atoms with E-state index in [1.807, 2.05) is 0 Å². The first-order chi connectivity index (χ1) is 7.66. The van der Waals surface area contributed by atoms with E-state index in [-0.39, 0.29) is 0 Å². The molecule has 0 saturated heterocycles. The molecule has 96 valence electrons. The Hall–Kier alpha value is -2.42. The average Bonchev–Trinajstić information content (AvgIpc) is 2.14. The van der Waals surface area contributed by atoms with Crippen LogP contribution in [0.1, 0.15) is 6.42 Å². The SMILES string of the molecule is O=C(O)C=CC(=O)O.O=C(O)C[C@H](O)C(=O)O. The molecule has 9 heteroatoms. The van der Waals surface area contributed by atoms with Crippen molar-refractivity contribution in [2.75, 3.05) is 0 Å². The van der Waals surface area contributed by atoms with E-state index >= 15 is 0 Å². The fraction of sp³-hybridized carbons (Fsp3) is 0.250. The molecular formula is C8H10O9. The quantitative estimate of drug-likeness (QED) is 0.369. The third-order valence-electron chi connectivity index (χ3n) is 1.02. The molecule has 1 atom stereocenters. The number of carbonyl (C=O) groups is 4. The summed E-state index contributed by atoms with van der Waals surface area (Å²) in [6.45, 7) is 0. The average molecular weight is 250 g/mol. The van der Waals surface area contributed by atoms with Crippen LogP contribution in [0.25, 0.3) is 0 Å². The van der Waals surface area contributed by atoms with E-state index < -0.39 is 36.4 Å². The number of aliphatic hydroxyl groups excluding tert-OH is 1. The molecule has 0 spiro atoms. The summed E-state index contributed by atoms with van der Waals surface area (Å²) in [5.74, 6) is -5.36. The topological polar surface area (TPSA) is 169 Å². The Morgan fingerprint density at radius 2 is 1.24 bits per heavy atom. The van der Waals surface area contributed by atoms with Crippen molar-refractivity contribution in [1.29, 1.82) is 0 Å². The van der Waals surface area contributed by atoms with Crippen LogP contribution in [0.15, 0.2) is 12.2 Å². The Labute approximate surface area is 94.2 Å². The van der Waals surface area contributed by atoms with E-state index in [1.165, 1.54) is 0 Å². The van der Waals surface area contributed by atoms with Crippen LogP contribution >= 0.6 is 0 Å². The van der Waals surface area contributed by atoms with Gasteiger partial charge >= 0.3 is 23.9 Å². The number of aliphatic hydroxyl groups is 1. The number of rotatable bonds is 5.